The Hall–Kier alpha value is -3.77. The monoisotopic (exact) mass is 501 g/mol. The van der Waals surface area contributed by atoms with Gasteiger partial charge < -0.3 is 15.1 Å². The van der Waals surface area contributed by atoms with Gasteiger partial charge in [0.05, 0.1) is 29.8 Å². The summed E-state index contributed by atoms with van der Waals surface area (Å²) in [6, 6.07) is 8.52. The summed E-state index contributed by atoms with van der Waals surface area (Å²) >= 11 is 0. The lowest BCUT2D eigenvalue weighted by Gasteiger charge is -2.37. The molecule has 2 fully saturated rings. The molecule has 11 nitrogen and oxygen atoms in total. The number of hydrogen-bond donors (Lipinski definition) is 2. The van der Waals surface area contributed by atoms with Gasteiger partial charge in [0.25, 0.3) is 0 Å². The van der Waals surface area contributed by atoms with Crippen LogP contribution in [0.4, 0.5) is 15.8 Å². The minimum atomic E-state index is -0.739. The molecule has 2 aliphatic rings. The van der Waals surface area contributed by atoms with Gasteiger partial charge in [0.1, 0.15) is 11.6 Å². The summed E-state index contributed by atoms with van der Waals surface area (Å²) in [5.74, 6) is -1.73. The van der Waals surface area contributed by atoms with Gasteiger partial charge in [-0.2, -0.15) is 0 Å². The third-order valence-electron chi connectivity index (χ3n) is 6.49. The third-order valence-corrected chi connectivity index (χ3v) is 6.49. The van der Waals surface area contributed by atoms with Crippen molar-refractivity contribution in [2.75, 3.05) is 57.3 Å². The van der Waals surface area contributed by atoms with Crippen molar-refractivity contribution in [3.05, 3.63) is 57.9 Å². The number of carbonyl (C=O) groups excluding carboxylic acids is 2. The first-order chi connectivity index (χ1) is 17.2. The summed E-state index contributed by atoms with van der Waals surface area (Å²) in [6.45, 7) is 3.45. The molecule has 2 aliphatic heterocycles. The van der Waals surface area contributed by atoms with Gasteiger partial charge in [-0.05, 0) is 19.0 Å². The Bertz CT molecular complexity index is 1140. The predicted molar refractivity (Wildman–Crippen MR) is 128 cm³/mol. The fraction of sp³-hybridized carbons (Fsp3) is 0.417. The second-order valence-electron chi connectivity index (χ2n) is 8.95. The fourth-order valence-electron chi connectivity index (χ4n) is 4.61. The predicted octanol–water partition coefficient (Wildman–Crippen LogP) is 1.53. The van der Waals surface area contributed by atoms with E-state index in [1.807, 2.05) is 0 Å². The van der Waals surface area contributed by atoms with Gasteiger partial charge in [-0.25, -0.2) is 4.39 Å². The maximum Gasteiger partial charge on any atom is 0.316 e. The average Bonchev–Trinajstić information content (AvgIpc) is 2.84. The van der Waals surface area contributed by atoms with E-state index in [2.05, 4.69) is 4.90 Å². The first kappa shape index (κ1) is 25.3. The molecule has 0 saturated carbocycles. The van der Waals surface area contributed by atoms with Crippen LogP contribution in [0.5, 0.6) is 11.5 Å². The lowest BCUT2D eigenvalue weighted by Crippen LogP contribution is -2.54. The number of nitrogens with zero attached hydrogens (tertiary/aromatic N) is 5. The number of phenols is 2. The lowest BCUT2D eigenvalue weighted by molar-refractivity contribution is -0.385. The lowest BCUT2D eigenvalue weighted by atomic mass is 10.1. The van der Waals surface area contributed by atoms with Gasteiger partial charge in [-0.3, -0.25) is 34.4 Å². The van der Waals surface area contributed by atoms with E-state index in [9.17, 15) is 34.3 Å². The van der Waals surface area contributed by atoms with E-state index >= 15 is 0 Å². The van der Waals surface area contributed by atoms with E-state index in [-0.39, 0.29) is 48.7 Å². The Balaban J connectivity index is 1.24. The van der Waals surface area contributed by atoms with Crippen molar-refractivity contribution in [3.63, 3.8) is 0 Å². The highest BCUT2D eigenvalue weighted by Gasteiger charge is 2.31. The highest BCUT2D eigenvalue weighted by atomic mass is 19.1. The molecule has 2 aromatic carbocycles. The summed E-state index contributed by atoms with van der Waals surface area (Å²) in [4.78, 5) is 42.3. The molecule has 0 radical (unpaired) electrons. The fourth-order valence-corrected chi connectivity index (χ4v) is 4.61. The maximum absolute atomic E-state index is 13.9. The van der Waals surface area contributed by atoms with Gasteiger partial charge in [0, 0.05) is 50.9 Å². The van der Waals surface area contributed by atoms with Crippen molar-refractivity contribution < 1.29 is 29.1 Å². The Morgan fingerprint density at radius 1 is 0.944 bits per heavy atom. The van der Waals surface area contributed by atoms with Crippen LogP contribution in [0.25, 0.3) is 0 Å². The second kappa shape index (κ2) is 10.9. The molecule has 0 spiro atoms. The number of amides is 2. The summed E-state index contributed by atoms with van der Waals surface area (Å²) < 4.78 is 13.9. The number of benzene rings is 2. The van der Waals surface area contributed by atoms with Crippen LogP contribution in [-0.2, 0) is 16.1 Å². The zero-order valence-corrected chi connectivity index (χ0v) is 19.7. The third kappa shape index (κ3) is 5.71. The Morgan fingerprint density at radius 3 is 2.25 bits per heavy atom. The Labute approximate surface area is 207 Å². The van der Waals surface area contributed by atoms with E-state index in [0.29, 0.717) is 51.3 Å². The Morgan fingerprint density at radius 2 is 1.61 bits per heavy atom. The van der Waals surface area contributed by atoms with Crippen LogP contribution in [-0.4, -0.2) is 94.0 Å². The van der Waals surface area contributed by atoms with E-state index < -0.39 is 16.4 Å². The van der Waals surface area contributed by atoms with Crippen LogP contribution >= 0.6 is 0 Å². The number of nitro benzene ring substituents is 1. The quantitative estimate of drug-likeness (QED) is 0.239. The number of aromatic hydroxyl groups is 2. The highest BCUT2D eigenvalue weighted by Crippen LogP contribution is 2.40. The van der Waals surface area contributed by atoms with Gasteiger partial charge in [0.15, 0.2) is 0 Å². The van der Waals surface area contributed by atoms with E-state index in [1.54, 1.807) is 28.0 Å². The molecule has 2 saturated heterocycles. The molecule has 0 atom stereocenters. The minimum Gasteiger partial charge on any atom is -0.508 e. The number of nitro groups is 1. The normalized spacial score (nSPS) is 17.6. The summed E-state index contributed by atoms with van der Waals surface area (Å²) in [5.41, 5.74) is 0.112. The molecule has 2 N–H and O–H groups in total. The van der Waals surface area contributed by atoms with Crippen molar-refractivity contribution >= 4 is 23.2 Å². The molecule has 2 amide bonds. The van der Waals surface area contributed by atoms with Crippen molar-refractivity contribution in [2.24, 2.45) is 0 Å². The van der Waals surface area contributed by atoms with Gasteiger partial charge in [-0.15, -0.1) is 0 Å². The van der Waals surface area contributed by atoms with Crippen molar-refractivity contribution in [3.8, 4) is 11.5 Å². The molecule has 0 unspecified atom stereocenters. The van der Waals surface area contributed by atoms with E-state index in [1.165, 1.54) is 17.0 Å². The smallest absolute Gasteiger partial charge is 0.316 e. The molecule has 0 bridgehead atoms. The van der Waals surface area contributed by atoms with Crippen LogP contribution < -0.4 is 4.90 Å². The van der Waals surface area contributed by atoms with Crippen LogP contribution in [0.2, 0.25) is 0 Å². The van der Waals surface area contributed by atoms with E-state index in [0.717, 1.165) is 6.07 Å². The molecular formula is C24H28FN5O6. The number of anilines is 1. The van der Waals surface area contributed by atoms with Gasteiger partial charge in [-0.1, -0.05) is 18.2 Å². The number of rotatable bonds is 8. The van der Waals surface area contributed by atoms with Gasteiger partial charge >= 0.3 is 5.69 Å². The first-order valence-corrected chi connectivity index (χ1v) is 11.7. The van der Waals surface area contributed by atoms with Crippen LogP contribution in [0, 0.1) is 15.9 Å². The molecular weight excluding hydrogens is 473 g/mol. The first-order valence-electron chi connectivity index (χ1n) is 11.7. The number of imide groups is 1. The number of carbonyl (C=O) groups is 2. The molecule has 12 heteroatoms. The molecule has 4 rings (SSSR count). The summed E-state index contributed by atoms with van der Waals surface area (Å²) in [7, 11) is 0. The van der Waals surface area contributed by atoms with Gasteiger partial charge in [0.2, 0.25) is 17.6 Å². The number of piperazine rings is 2. The second-order valence-corrected chi connectivity index (χ2v) is 8.95. The van der Waals surface area contributed by atoms with Crippen molar-refractivity contribution in [2.45, 2.75) is 13.0 Å². The molecule has 2 aromatic rings. The van der Waals surface area contributed by atoms with Crippen LogP contribution in [0.1, 0.15) is 12.0 Å². The zero-order valence-electron chi connectivity index (χ0n) is 19.7. The topological polar surface area (TPSA) is 131 Å². The maximum atomic E-state index is 13.9. The zero-order chi connectivity index (χ0) is 25.8. The minimum absolute atomic E-state index is 0.0539. The molecule has 2 heterocycles. The number of halogens is 1. The van der Waals surface area contributed by atoms with Crippen molar-refractivity contribution in [1.29, 1.82) is 0 Å². The Kier molecular flexibility index (Phi) is 7.65. The summed E-state index contributed by atoms with van der Waals surface area (Å²) in [5, 5.41) is 31.2. The molecule has 36 heavy (non-hydrogen) atoms. The van der Waals surface area contributed by atoms with Crippen LogP contribution in [0.15, 0.2) is 36.4 Å². The van der Waals surface area contributed by atoms with E-state index in [4.69, 9.17) is 0 Å². The number of hydrogen-bond acceptors (Lipinski definition) is 9. The summed E-state index contributed by atoms with van der Waals surface area (Å²) in [6.07, 6.45) is 0.591. The standard InChI is InChI=1S/C24H28FN5O6/c25-19-5-2-1-4-17(19)14-27-15-22(32)29(23(33)16-27)7-3-6-26-8-10-28(11-9-26)20-12-18(31)13-21(24(20)34)30(35)36/h1-2,4-5,12-13,31,34H,3,6-11,14-16H2. The van der Waals surface area contributed by atoms with Crippen molar-refractivity contribution in [1.82, 2.24) is 14.7 Å². The SMILES string of the molecule is O=C1CN(Cc2ccccc2F)CC(=O)N1CCCN1CCN(c2cc(O)cc([N+](=O)[O-])c2O)CC1. The van der Waals surface area contributed by atoms with Crippen LogP contribution in [0.3, 0.4) is 0 Å². The molecule has 192 valence electrons. The number of phenolic OH excluding ortho intramolecular Hbond substituents is 2. The largest absolute Gasteiger partial charge is 0.508 e. The molecule has 0 aromatic heterocycles. The highest BCUT2D eigenvalue weighted by molar-refractivity contribution is 5.99. The molecule has 0 aliphatic carbocycles. The average molecular weight is 502 g/mol.